The van der Waals surface area contributed by atoms with E-state index in [2.05, 4.69) is 29.6 Å². The first-order valence-corrected chi connectivity index (χ1v) is 6.33. The van der Waals surface area contributed by atoms with E-state index in [9.17, 15) is 5.11 Å². The van der Waals surface area contributed by atoms with E-state index < -0.39 is 0 Å². The van der Waals surface area contributed by atoms with E-state index in [0.29, 0.717) is 19.3 Å². The third-order valence-corrected chi connectivity index (χ3v) is 4.01. The van der Waals surface area contributed by atoms with E-state index in [-0.39, 0.29) is 12.0 Å². The fraction of sp³-hybridized carbons (Fsp3) is 0.571. The van der Waals surface area contributed by atoms with Gasteiger partial charge >= 0.3 is 0 Å². The molecule has 0 bridgehead atoms. The Morgan fingerprint density at radius 2 is 2.18 bits per heavy atom. The van der Waals surface area contributed by atoms with Crippen LogP contribution in [0, 0.1) is 5.41 Å². The van der Waals surface area contributed by atoms with Gasteiger partial charge in [0.1, 0.15) is 0 Å². The lowest BCUT2D eigenvalue weighted by Crippen LogP contribution is -2.52. The Labute approximate surface area is 102 Å². The summed E-state index contributed by atoms with van der Waals surface area (Å²) in [5, 5.41) is 13.0. The van der Waals surface area contributed by atoms with Crippen LogP contribution in [0.4, 0.5) is 0 Å². The average Bonchev–Trinajstić information content (AvgIpc) is 2.72. The van der Waals surface area contributed by atoms with E-state index >= 15 is 0 Å². The maximum atomic E-state index is 9.39. The highest BCUT2D eigenvalue weighted by molar-refractivity contribution is 5.34. The summed E-state index contributed by atoms with van der Waals surface area (Å²) in [7, 11) is 0. The highest BCUT2D eigenvalue weighted by Crippen LogP contribution is 2.32. The SMILES string of the molecule is OCC1(CNC2CCc3ccccc32)COC1. The zero-order valence-electron chi connectivity index (χ0n) is 9.98. The monoisotopic (exact) mass is 233 g/mol. The molecule has 92 valence electrons. The minimum Gasteiger partial charge on any atom is -0.396 e. The van der Waals surface area contributed by atoms with Gasteiger partial charge in [0, 0.05) is 12.6 Å². The van der Waals surface area contributed by atoms with Gasteiger partial charge in [0.2, 0.25) is 0 Å². The zero-order valence-corrected chi connectivity index (χ0v) is 9.98. The molecular weight excluding hydrogens is 214 g/mol. The number of aliphatic hydroxyl groups is 1. The molecule has 1 aromatic carbocycles. The van der Waals surface area contributed by atoms with E-state index in [1.54, 1.807) is 0 Å². The van der Waals surface area contributed by atoms with E-state index in [1.807, 2.05) is 0 Å². The van der Waals surface area contributed by atoms with Crippen molar-refractivity contribution in [1.82, 2.24) is 5.32 Å². The van der Waals surface area contributed by atoms with Crippen molar-refractivity contribution in [3.63, 3.8) is 0 Å². The Hall–Kier alpha value is -0.900. The Morgan fingerprint density at radius 3 is 2.88 bits per heavy atom. The number of aliphatic hydroxyl groups excluding tert-OH is 1. The first kappa shape index (κ1) is 11.2. The lowest BCUT2D eigenvalue weighted by Gasteiger charge is -2.40. The van der Waals surface area contributed by atoms with Crippen molar-refractivity contribution in [2.45, 2.75) is 18.9 Å². The van der Waals surface area contributed by atoms with Crippen molar-refractivity contribution >= 4 is 0 Å². The predicted octanol–water partition coefficient (Wildman–Crippen LogP) is 1.27. The summed E-state index contributed by atoms with van der Waals surface area (Å²) in [6.07, 6.45) is 2.33. The van der Waals surface area contributed by atoms with Crippen LogP contribution in [0.5, 0.6) is 0 Å². The largest absolute Gasteiger partial charge is 0.396 e. The third-order valence-electron chi connectivity index (χ3n) is 4.01. The van der Waals surface area contributed by atoms with Crippen LogP contribution < -0.4 is 5.32 Å². The molecule has 3 nitrogen and oxygen atoms in total. The highest BCUT2D eigenvalue weighted by Gasteiger charge is 2.38. The molecule has 1 saturated heterocycles. The van der Waals surface area contributed by atoms with Crippen LogP contribution in [-0.2, 0) is 11.2 Å². The molecule has 2 aliphatic rings. The summed E-state index contributed by atoms with van der Waals surface area (Å²) in [6, 6.07) is 9.09. The molecule has 0 spiro atoms. The van der Waals surface area contributed by atoms with Gasteiger partial charge in [0.05, 0.1) is 25.2 Å². The number of benzene rings is 1. The van der Waals surface area contributed by atoms with Crippen LogP contribution in [0.15, 0.2) is 24.3 Å². The Kier molecular flexibility index (Phi) is 2.90. The Morgan fingerprint density at radius 1 is 1.35 bits per heavy atom. The van der Waals surface area contributed by atoms with E-state index in [0.717, 1.165) is 13.0 Å². The van der Waals surface area contributed by atoms with Gasteiger partial charge in [-0.1, -0.05) is 24.3 Å². The maximum Gasteiger partial charge on any atom is 0.0579 e. The molecule has 1 fully saturated rings. The summed E-state index contributed by atoms with van der Waals surface area (Å²) >= 11 is 0. The van der Waals surface area contributed by atoms with Gasteiger partial charge in [-0.2, -0.15) is 0 Å². The van der Waals surface area contributed by atoms with E-state index in [4.69, 9.17) is 4.74 Å². The molecule has 1 aliphatic carbocycles. The Balaban J connectivity index is 1.64. The fourth-order valence-corrected chi connectivity index (χ4v) is 2.75. The van der Waals surface area contributed by atoms with Gasteiger partial charge in [-0.3, -0.25) is 0 Å². The van der Waals surface area contributed by atoms with Crippen molar-refractivity contribution in [1.29, 1.82) is 0 Å². The number of hydrogen-bond donors (Lipinski definition) is 2. The number of nitrogens with one attached hydrogen (secondary N) is 1. The van der Waals surface area contributed by atoms with Crippen LogP contribution in [0.3, 0.4) is 0 Å². The summed E-state index contributed by atoms with van der Waals surface area (Å²) in [5.74, 6) is 0. The molecule has 3 heteroatoms. The van der Waals surface area contributed by atoms with Gasteiger partial charge in [-0.05, 0) is 24.0 Å². The van der Waals surface area contributed by atoms with Gasteiger partial charge in [-0.15, -0.1) is 0 Å². The molecular formula is C14H19NO2. The van der Waals surface area contributed by atoms with Gasteiger partial charge in [0.25, 0.3) is 0 Å². The van der Waals surface area contributed by atoms with Crippen LogP contribution >= 0.6 is 0 Å². The second-order valence-corrected chi connectivity index (χ2v) is 5.32. The zero-order chi connectivity index (χ0) is 11.7. The lowest BCUT2D eigenvalue weighted by atomic mass is 9.86. The van der Waals surface area contributed by atoms with Crippen LogP contribution in [0.1, 0.15) is 23.6 Å². The van der Waals surface area contributed by atoms with Crippen LogP contribution in [-0.4, -0.2) is 31.5 Å². The Bertz CT molecular complexity index is 395. The van der Waals surface area contributed by atoms with Crippen molar-refractivity contribution in [2.75, 3.05) is 26.4 Å². The first-order chi connectivity index (χ1) is 8.33. The van der Waals surface area contributed by atoms with Crippen molar-refractivity contribution < 1.29 is 9.84 Å². The van der Waals surface area contributed by atoms with Crippen molar-refractivity contribution in [3.05, 3.63) is 35.4 Å². The number of aryl methyl sites for hydroxylation is 1. The molecule has 1 aromatic rings. The standard InChI is InChI=1S/C14H19NO2/c16-8-14(9-17-10-14)7-15-13-6-5-11-3-1-2-4-12(11)13/h1-4,13,15-16H,5-10H2. The fourth-order valence-electron chi connectivity index (χ4n) is 2.75. The third kappa shape index (κ3) is 1.99. The first-order valence-electron chi connectivity index (χ1n) is 6.33. The van der Waals surface area contributed by atoms with Gasteiger partial charge in [0.15, 0.2) is 0 Å². The summed E-state index contributed by atoms with van der Waals surface area (Å²) in [6.45, 7) is 2.44. The molecule has 0 radical (unpaired) electrons. The van der Waals surface area contributed by atoms with E-state index in [1.165, 1.54) is 17.5 Å². The number of rotatable bonds is 4. The minimum absolute atomic E-state index is 0.0302. The smallest absolute Gasteiger partial charge is 0.0579 e. The second-order valence-electron chi connectivity index (χ2n) is 5.32. The van der Waals surface area contributed by atoms with Crippen molar-refractivity contribution in [2.24, 2.45) is 5.41 Å². The number of hydrogen-bond acceptors (Lipinski definition) is 3. The van der Waals surface area contributed by atoms with Gasteiger partial charge < -0.3 is 15.2 Å². The second kappa shape index (κ2) is 4.41. The molecule has 1 heterocycles. The molecule has 0 amide bonds. The lowest BCUT2D eigenvalue weighted by molar-refractivity contribution is -0.135. The molecule has 2 N–H and O–H groups in total. The normalized spacial score (nSPS) is 25.4. The maximum absolute atomic E-state index is 9.39. The van der Waals surface area contributed by atoms with Crippen LogP contribution in [0.2, 0.25) is 0 Å². The van der Waals surface area contributed by atoms with Gasteiger partial charge in [-0.25, -0.2) is 0 Å². The molecule has 3 rings (SSSR count). The number of fused-ring (bicyclic) bond motifs is 1. The molecule has 1 aliphatic heterocycles. The molecule has 0 saturated carbocycles. The summed E-state index contributed by atoms with van der Waals surface area (Å²) < 4.78 is 5.21. The highest BCUT2D eigenvalue weighted by atomic mass is 16.5. The molecule has 17 heavy (non-hydrogen) atoms. The topological polar surface area (TPSA) is 41.5 Å². The molecule has 1 atom stereocenters. The number of ether oxygens (including phenoxy) is 1. The van der Waals surface area contributed by atoms with Crippen molar-refractivity contribution in [3.8, 4) is 0 Å². The molecule has 1 unspecified atom stereocenters. The summed E-state index contributed by atoms with van der Waals surface area (Å²) in [5.41, 5.74) is 2.87. The predicted molar refractivity (Wildman–Crippen MR) is 65.8 cm³/mol. The quantitative estimate of drug-likeness (QED) is 0.823. The summed E-state index contributed by atoms with van der Waals surface area (Å²) in [4.78, 5) is 0. The van der Waals surface area contributed by atoms with Crippen LogP contribution in [0.25, 0.3) is 0 Å². The molecule has 0 aromatic heterocycles. The average molecular weight is 233 g/mol. The minimum atomic E-state index is -0.0302.